The molecule has 9 aromatic rings. The first-order valence-corrected chi connectivity index (χ1v) is 20.8. The summed E-state index contributed by atoms with van der Waals surface area (Å²) in [5, 5.41) is 26.8. The Kier molecular flexibility index (Phi) is 29.4. The first-order valence-electron chi connectivity index (χ1n) is 18.2. The van der Waals surface area contributed by atoms with Gasteiger partial charge in [0.15, 0.2) is 5.78 Å². The van der Waals surface area contributed by atoms with E-state index in [2.05, 4.69) is 154 Å². The predicted molar refractivity (Wildman–Crippen MR) is 242 cm³/mol. The molecule has 6 heterocycles. The number of aromatic nitrogens is 3. The summed E-state index contributed by atoms with van der Waals surface area (Å²) in [6, 6.07) is 40.0. The largest absolute Gasteiger partial charge is 1.00 e. The number of thiophene rings is 3. The van der Waals surface area contributed by atoms with Gasteiger partial charge in [-0.15, -0.1) is 105 Å². The van der Waals surface area contributed by atoms with Crippen LogP contribution in [0.3, 0.4) is 0 Å². The molecule has 6 aromatic heterocycles. The number of carbonyl (C=O) groups excluding carboxylic acids is 2. The van der Waals surface area contributed by atoms with Crippen molar-refractivity contribution in [2.75, 3.05) is 0 Å². The fourth-order valence-electron chi connectivity index (χ4n) is 5.65. The van der Waals surface area contributed by atoms with Crippen LogP contribution in [0, 0.1) is 32.9 Å². The summed E-state index contributed by atoms with van der Waals surface area (Å²) in [7, 11) is 0. The number of rotatable bonds is 5. The zero-order valence-corrected chi connectivity index (χ0v) is 49.2. The third kappa shape index (κ3) is 18.4. The smallest absolute Gasteiger partial charge is 1.00 e. The molecular weight excluding hydrogens is 1260 g/mol. The molecule has 15 heteroatoms. The van der Waals surface area contributed by atoms with Crippen LogP contribution in [-0.4, -0.2) is 32.3 Å². The van der Waals surface area contributed by atoms with E-state index in [1.807, 2.05) is 30.7 Å². The first kappa shape index (κ1) is 59.2. The van der Waals surface area contributed by atoms with E-state index in [9.17, 15) is 4.79 Å². The van der Waals surface area contributed by atoms with E-state index in [0.29, 0.717) is 0 Å². The molecule has 318 valence electrons. The second kappa shape index (κ2) is 31.2. The number of aliphatic hydroxyl groups excluding tert-OH is 1. The van der Waals surface area contributed by atoms with Gasteiger partial charge in [0.2, 0.25) is 0 Å². The maximum atomic E-state index is 10.0. The summed E-state index contributed by atoms with van der Waals surface area (Å²) in [5.41, 5.74) is 10.2. The summed E-state index contributed by atoms with van der Waals surface area (Å²) in [5.74, 6) is -0.0625. The predicted octanol–water partition coefficient (Wildman–Crippen LogP) is 6.00. The Balaban J connectivity index is 0.000000807. The van der Waals surface area contributed by atoms with Gasteiger partial charge in [-0.3, -0.25) is 14.6 Å². The normalized spacial score (nSPS) is 9.84. The van der Waals surface area contributed by atoms with Crippen molar-refractivity contribution in [3.8, 4) is 33.8 Å². The summed E-state index contributed by atoms with van der Waals surface area (Å²) in [4.78, 5) is 34.7. The molecule has 0 aliphatic carbocycles. The molecule has 0 atom stereocenters. The van der Waals surface area contributed by atoms with E-state index in [1.165, 1.54) is 72.4 Å². The van der Waals surface area contributed by atoms with Gasteiger partial charge >= 0.3 is 103 Å². The van der Waals surface area contributed by atoms with Crippen LogP contribution in [-0.2, 0) is 54.7 Å². The minimum atomic E-state index is -0.181. The van der Waals surface area contributed by atoms with Gasteiger partial charge in [0.05, 0.1) is 11.5 Å². The van der Waals surface area contributed by atoms with Gasteiger partial charge in [-0.2, -0.15) is 0 Å². The fourth-order valence-corrected chi connectivity index (χ4v) is 7.99. The zero-order chi connectivity index (χ0) is 42.1. The molecule has 1 N–H and O–H groups in total. The number of benzene rings is 3. The number of nitrogens with zero attached hydrogens (tertiary/aromatic N) is 3. The van der Waals surface area contributed by atoms with Crippen molar-refractivity contribution < 1.29 is 169 Å². The number of allylic oxidation sites excluding steroid dienone is 2. The van der Waals surface area contributed by atoms with Crippen molar-refractivity contribution in [2.24, 2.45) is 0 Å². The number of hydrogen-bond acceptors (Lipinski definition) is 11. The minimum Gasteiger partial charge on any atom is -1.00 e. The Morgan fingerprint density at radius 3 is 1.30 bits per heavy atom. The van der Waals surface area contributed by atoms with Crippen LogP contribution in [0.25, 0.3) is 64.0 Å². The van der Waals surface area contributed by atoms with E-state index in [1.54, 1.807) is 34.0 Å². The number of aliphatic hydroxyl groups is 1. The van der Waals surface area contributed by atoms with E-state index in [-0.39, 0.29) is 162 Å². The minimum absolute atomic E-state index is 0. The summed E-state index contributed by atoms with van der Waals surface area (Å²) in [6.45, 7) is 8.90. The molecule has 0 bridgehead atoms. The molecule has 0 fully saturated rings. The Labute approximate surface area is 493 Å². The van der Waals surface area contributed by atoms with E-state index in [0.717, 1.165) is 28.2 Å². The van der Waals surface area contributed by atoms with Crippen LogP contribution < -0.4 is 108 Å². The Hall–Kier alpha value is -1.80. The number of hydrogen-bond donors (Lipinski definition) is 1. The van der Waals surface area contributed by atoms with Gasteiger partial charge in [0.1, 0.15) is 0 Å². The molecule has 9 rings (SSSR count). The summed E-state index contributed by atoms with van der Waals surface area (Å²) >= 11 is 5.25. The first-order chi connectivity index (χ1) is 28.6. The fraction of sp³-hybridized carbons (Fsp3) is 0.104. The van der Waals surface area contributed by atoms with E-state index < -0.39 is 0 Å². The van der Waals surface area contributed by atoms with Gasteiger partial charge < -0.3 is 26.6 Å². The molecule has 3 aromatic carbocycles. The molecule has 0 aliphatic rings. The summed E-state index contributed by atoms with van der Waals surface area (Å²) < 4.78 is 3.85. The second-order valence-corrected chi connectivity index (χ2v) is 15.8. The molecule has 0 amide bonds. The monoisotopic (exact) mass is 1300 g/mol. The Morgan fingerprint density at radius 1 is 0.619 bits per heavy atom. The van der Waals surface area contributed by atoms with Gasteiger partial charge in [-0.1, -0.05) is 55.8 Å². The SMILES string of the molecule is CC(=O)C=C(C)O.Cc1c[c-]c(-c2nccc3sccc23)cc1.Cc1c[c-]c(-c2nccc3sccc23)cc1.Cc1ccc(-c2nccc3sccc23)cc1.O=CO[O-].[H-].[Ir].[Ir].[K+].[K+]. The van der Waals surface area contributed by atoms with Crippen molar-refractivity contribution in [2.45, 2.75) is 34.6 Å². The Bertz CT molecular complexity index is 2510. The third-order valence-electron chi connectivity index (χ3n) is 8.36. The maximum Gasteiger partial charge on any atom is 1.00 e. The molecule has 0 spiro atoms. The average molecular weight is 1300 g/mol. The molecule has 0 unspecified atom stereocenters. The zero-order valence-electron chi connectivity index (χ0n) is 36.7. The number of carbonyl (C=O) groups is 2. The molecular formula is C48H41Ir2K2N3O5S3-2. The number of fused-ring (bicyclic) bond motifs is 3. The molecule has 0 aliphatic heterocycles. The van der Waals surface area contributed by atoms with Crippen LogP contribution in [0.2, 0.25) is 0 Å². The molecule has 0 saturated carbocycles. The Morgan fingerprint density at radius 2 is 0.984 bits per heavy atom. The van der Waals surface area contributed by atoms with Crippen LogP contribution in [0.15, 0.2) is 144 Å². The van der Waals surface area contributed by atoms with Crippen molar-refractivity contribution >= 4 is 76.5 Å². The van der Waals surface area contributed by atoms with Crippen LogP contribution >= 0.6 is 34.0 Å². The number of pyridine rings is 3. The average Bonchev–Trinajstić information content (AvgIpc) is 4.04. The van der Waals surface area contributed by atoms with E-state index >= 15 is 0 Å². The molecule has 0 saturated heterocycles. The van der Waals surface area contributed by atoms with Crippen molar-refractivity contribution in [1.29, 1.82) is 0 Å². The van der Waals surface area contributed by atoms with Crippen molar-refractivity contribution in [3.63, 3.8) is 0 Å². The van der Waals surface area contributed by atoms with Gasteiger partial charge in [-0.05, 0) is 83.3 Å². The van der Waals surface area contributed by atoms with E-state index in [4.69, 9.17) is 15.2 Å². The molecule has 63 heavy (non-hydrogen) atoms. The number of ketones is 1. The summed E-state index contributed by atoms with van der Waals surface area (Å²) in [6.07, 6.45) is 6.78. The van der Waals surface area contributed by atoms with Crippen molar-refractivity contribution in [3.05, 3.63) is 172 Å². The quantitative estimate of drug-likeness (QED) is 0.0424. The third-order valence-corrected chi connectivity index (χ3v) is 11.0. The van der Waals surface area contributed by atoms with Gasteiger partial charge in [-0.25, -0.2) is 0 Å². The topological polar surface area (TPSA) is 125 Å². The van der Waals surface area contributed by atoms with Gasteiger partial charge in [0.25, 0.3) is 6.47 Å². The number of aryl methyl sites for hydroxylation is 3. The van der Waals surface area contributed by atoms with Gasteiger partial charge in [0, 0.05) is 89.9 Å². The molecule has 2 radical (unpaired) electrons. The van der Waals surface area contributed by atoms with Crippen LogP contribution in [0.1, 0.15) is 32.0 Å². The van der Waals surface area contributed by atoms with Crippen LogP contribution in [0.4, 0.5) is 0 Å². The maximum absolute atomic E-state index is 10.0. The molecule has 8 nitrogen and oxygen atoms in total. The standard InChI is InChI=1S/C14H11NS.2C14H10NS.C5H8O2.CH2O3.2Ir.2K.H/c3*1-10-2-4-11(5-3-10)14-12-7-9-16-13(12)6-8-15-14;1-4(6)3-5(2)7;2-1-4-3;;;;;/h2-9H,1H3;2*2-4,6-9H,1H3;3,6H,1-2H3;1,3H;;;;;/q;2*-1;;;;;2*+1;-1/p-1. The van der Waals surface area contributed by atoms with Crippen LogP contribution in [0.5, 0.6) is 0 Å². The van der Waals surface area contributed by atoms with Crippen molar-refractivity contribution in [1.82, 2.24) is 15.0 Å². The second-order valence-electron chi connectivity index (χ2n) is 13.0.